The third kappa shape index (κ3) is 4.31. The maximum absolute atomic E-state index is 6.13. The predicted octanol–water partition coefficient (Wildman–Crippen LogP) is 6.18. The molecule has 0 fully saturated rings. The molecule has 1 unspecified atom stereocenters. The van der Waals surface area contributed by atoms with Crippen LogP contribution in [0.25, 0.3) is 0 Å². The van der Waals surface area contributed by atoms with Gasteiger partial charge in [-0.1, -0.05) is 42.3 Å². The second-order valence-electron chi connectivity index (χ2n) is 5.74. The smallest absolute Gasteiger partial charge is 0.146 e. The average Bonchev–Trinajstić information content (AvgIpc) is 3.09. The van der Waals surface area contributed by atoms with Crippen molar-refractivity contribution in [3.8, 4) is 11.5 Å². The normalized spacial score (nSPS) is 12.1. The van der Waals surface area contributed by atoms with Crippen molar-refractivity contribution in [3.05, 3.63) is 76.8 Å². The van der Waals surface area contributed by atoms with Crippen molar-refractivity contribution in [2.45, 2.75) is 25.8 Å². The Kier molecular flexibility index (Phi) is 5.44. The number of hydrogen-bond donors (Lipinski definition) is 0. The fourth-order valence-corrected chi connectivity index (χ4v) is 2.92. The van der Waals surface area contributed by atoms with Gasteiger partial charge in [-0.3, -0.25) is 0 Å². The maximum atomic E-state index is 6.13. The molecule has 1 aromatic heterocycles. The molecule has 124 valence electrons. The first-order chi connectivity index (χ1) is 11.6. The largest absolute Gasteiger partial charge is 0.456 e. The molecule has 24 heavy (non-hydrogen) atoms. The van der Waals surface area contributed by atoms with E-state index in [2.05, 4.69) is 28.6 Å². The van der Waals surface area contributed by atoms with Gasteiger partial charge in [-0.15, -0.1) is 0 Å². The summed E-state index contributed by atoms with van der Waals surface area (Å²) in [5.74, 6) is 1.81. The van der Waals surface area contributed by atoms with Crippen LogP contribution in [0.1, 0.15) is 24.8 Å². The standard InChI is InChI=1S/C19H18Cl2N2O/c1-14(8-10-23-11-9-22-13-23)15-2-5-17(6-3-15)24-19-7-4-16(20)12-18(19)21/h2-7,9,11-14H,8,10H2,1H3. The molecule has 3 aromatic rings. The minimum Gasteiger partial charge on any atom is -0.456 e. The molecule has 0 bridgehead atoms. The van der Waals surface area contributed by atoms with Crippen molar-refractivity contribution in [2.24, 2.45) is 0 Å². The van der Waals surface area contributed by atoms with Crippen LogP contribution in [0.4, 0.5) is 0 Å². The first kappa shape index (κ1) is 16.9. The molecule has 0 spiro atoms. The number of nitrogens with zero attached hydrogens (tertiary/aromatic N) is 2. The van der Waals surface area contributed by atoms with Crippen LogP contribution in [0.3, 0.4) is 0 Å². The third-order valence-corrected chi connectivity index (χ3v) is 4.48. The van der Waals surface area contributed by atoms with Crippen molar-refractivity contribution < 1.29 is 4.74 Å². The van der Waals surface area contributed by atoms with Gasteiger partial charge in [0.05, 0.1) is 11.3 Å². The number of benzene rings is 2. The van der Waals surface area contributed by atoms with E-state index in [0.29, 0.717) is 21.7 Å². The lowest BCUT2D eigenvalue weighted by molar-refractivity contribution is 0.482. The number of hydrogen-bond acceptors (Lipinski definition) is 2. The van der Waals surface area contributed by atoms with E-state index in [1.807, 2.05) is 24.7 Å². The van der Waals surface area contributed by atoms with Gasteiger partial charge in [-0.25, -0.2) is 4.98 Å². The molecule has 0 saturated carbocycles. The Morgan fingerprint density at radius 2 is 1.92 bits per heavy atom. The van der Waals surface area contributed by atoms with Crippen molar-refractivity contribution in [1.29, 1.82) is 0 Å². The quantitative estimate of drug-likeness (QED) is 0.524. The second-order valence-corrected chi connectivity index (χ2v) is 6.58. The Labute approximate surface area is 151 Å². The average molecular weight is 361 g/mol. The first-order valence-corrected chi connectivity index (χ1v) is 8.56. The molecule has 3 rings (SSSR count). The summed E-state index contributed by atoms with van der Waals surface area (Å²) in [5, 5.41) is 1.09. The van der Waals surface area contributed by atoms with Gasteiger partial charge in [-0.2, -0.15) is 0 Å². The summed E-state index contributed by atoms with van der Waals surface area (Å²) in [6, 6.07) is 13.3. The van der Waals surface area contributed by atoms with Crippen LogP contribution < -0.4 is 4.74 Å². The van der Waals surface area contributed by atoms with Crippen LogP contribution >= 0.6 is 23.2 Å². The summed E-state index contributed by atoms with van der Waals surface area (Å²) >= 11 is 12.0. The summed E-state index contributed by atoms with van der Waals surface area (Å²) in [4.78, 5) is 4.06. The maximum Gasteiger partial charge on any atom is 0.146 e. The van der Waals surface area contributed by atoms with E-state index in [9.17, 15) is 0 Å². The van der Waals surface area contributed by atoms with Crippen LogP contribution in [0.2, 0.25) is 10.0 Å². The number of ether oxygens (including phenoxy) is 1. The lowest BCUT2D eigenvalue weighted by Gasteiger charge is -2.13. The summed E-state index contributed by atoms with van der Waals surface area (Å²) in [6.07, 6.45) is 6.69. The van der Waals surface area contributed by atoms with Crippen LogP contribution in [0.15, 0.2) is 61.2 Å². The highest BCUT2D eigenvalue weighted by atomic mass is 35.5. The molecule has 0 radical (unpaired) electrons. The van der Waals surface area contributed by atoms with Gasteiger partial charge < -0.3 is 9.30 Å². The predicted molar refractivity (Wildman–Crippen MR) is 98.2 cm³/mol. The van der Waals surface area contributed by atoms with Crippen molar-refractivity contribution in [3.63, 3.8) is 0 Å². The highest BCUT2D eigenvalue weighted by molar-refractivity contribution is 6.35. The molecule has 3 nitrogen and oxygen atoms in total. The molecular formula is C19H18Cl2N2O. The van der Waals surface area contributed by atoms with Gasteiger partial charge in [0.15, 0.2) is 0 Å². The van der Waals surface area contributed by atoms with Gasteiger partial charge in [0.1, 0.15) is 11.5 Å². The molecular weight excluding hydrogens is 343 g/mol. The van der Waals surface area contributed by atoms with E-state index in [1.165, 1.54) is 5.56 Å². The lowest BCUT2D eigenvalue weighted by Crippen LogP contribution is -2.01. The van der Waals surface area contributed by atoms with Gasteiger partial charge in [0, 0.05) is 24.0 Å². The van der Waals surface area contributed by atoms with Crippen molar-refractivity contribution >= 4 is 23.2 Å². The number of imidazole rings is 1. The number of rotatable bonds is 6. The zero-order valence-electron chi connectivity index (χ0n) is 13.3. The molecule has 2 aromatic carbocycles. The highest BCUT2D eigenvalue weighted by Gasteiger charge is 2.08. The zero-order valence-corrected chi connectivity index (χ0v) is 14.8. The van der Waals surface area contributed by atoms with Crippen LogP contribution in [-0.2, 0) is 6.54 Å². The molecule has 0 N–H and O–H groups in total. The van der Waals surface area contributed by atoms with Crippen LogP contribution in [0.5, 0.6) is 11.5 Å². The van der Waals surface area contributed by atoms with Gasteiger partial charge >= 0.3 is 0 Å². The monoisotopic (exact) mass is 360 g/mol. The first-order valence-electron chi connectivity index (χ1n) is 7.80. The fraction of sp³-hybridized carbons (Fsp3) is 0.211. The second kappa shape index (κ2) is 7.73. The van der Waals surface area contributed by atoms with Crippen molar-refractivity contribution in [1.82, 2.24) is 9.55 Å². The molecule has 0 amide bonds. The van der Waals surface area contributed by atoms with Gasteiger partial charge in [-0.05, 0) is 48.2 Å². The summed E-state index contributed by atoms with van der Waals surface area (Å²) < 4.78 is 7.91. The Bertz CT molecular complexity index is 786. The minimum atomic E-state index is 0.459. The summed E-state index contributed by atoms with van der Waals surface area (Å²) in [7, 11) is 0. The molecule has 1 heterocycles. The van der Waals surface area contributed by atoms with E-state index >= 15 is 0 Å². The topological polar surface area (TPSA) is 27.1 Å². The van der Waals surface area contributed by atoms with E-state index < -0.39 is 0 Å². The zero-order chi connectivity index (χ0) is 16.9. The molecule has 5 heteroatoms. The summed E-state index contributed by atoms with van der Waals surface area (Å²) in [6.45, 7) is 3.18. The highest BCUT2D eigenvalue weighted by Crippen LogP contribution is 2.32. The third-order valence-electron chi connectivity index (χ3n) is 3.95. The SMILES string of the molecule is CC(CCn1ccnc1)c1ccc(Oc2ccc(Cl)cc2Cl)cc1. The van der Waals surface area contributed by atoms with Crippen LogP contribution in [0, 0.1) is 0 Å². The number of halogens is 2. The van der Waals surface area contributed by atoms with Crippen LogP contribution in [-0.4, -0.2) is 9.55 Å². The van der Waals surface area contributed by atoms with E-state index in [1.54, 1.807) is 24.4 Å². The lowest BCUT2D eigenvalue weighted by atomic mass is 9.98. The van der Waals surface area contributed by atoms with Gasteiger partial charge in [0.2, 0.25) is 0 Å². The van der Waals surface area contributed by atoms with Gasteiger partial charge in [0.25, 0.3) is 0 Å². The molecule has 0 saturated heterocycles. The minimum absolute atomic E-state index is 0.459. The Morgan fingerprint density at radius 1 is 1.12 bits per heavy atom. The van der Waals surface area contributed by atoms with E-state index in [4.69, 9.17) is 27.9 Å². The molecule has 0 aliphatic heterocycles. The van der Waals surface area contributed by atoms with Crippen molar-refractivity contribution in [2.75, 3.05) is 0 Å². The summed E-state index contributed by atoms with van der Waals surface area (Å²) in [5.41, 5.74) is 1.28. The van der Waals surface area contributed by atoms with E-state index in [-0.39, 0.29) is 0 Å². The Morgan fingerprint density at radius 3 is 2.58 bits per heavy atom. The number of aromatic nitrogens is 2. The Balaban J connectivity index is 1.62. The fourth-order valence-electron chi connectivity index (χ4n) is 2.48. The number of aryl methyl sites for hydroxylation is 1. The molecule has 0 aliphatic rings. The van der Waals surface area contributed by atoms with E-state index in [0.717, 1.165) is 18.7 Å². The molecule has 0 aliphatic carbocycles. The Hall–Kier alpha value is -1.97. The molecule has 1 atom stereocenters.